The van der Waals surface area contributed by atoms with Gasteiger partial charge in [-0.1, -0.05) is 6.92 Å². The maximum atomic E-state index is 12.4. The smallest absolute Gasteiger partial charge is 0.256 e. The van der Waals surface area contributed by atoms with Gasteiger partial charge in [-0.25, -0.2) is 4.68 Å². The first-order chi connectivity index (χ1) is 11.1. The number of ether oxygens (including phenoxy) is 1. The lowest BCUT2D eigenvalue weighted by Crippen LogP contribution is -2.18. The Hall–Kier alpha value is -2.38. The van der Waals surface area contributed by atoms with Crippen molar-refractivity contribution in [3.8, 4) is 5.75 Å². The van der Waals surface area contributed by atoms with Crippen molar-refractivity contribution in [1.82, 2.24) is 15.1 Å². The second kappa shape index (κ2) is 7.46. The van der Waals surface area contributed by atoms with E-state index in [9.17, 15) is 9.59 Å². The van der Waals surface area contributed by atoms with Crippen LogP contribution in [0.25, 0.3) is 0 Å². The van der Waals surface area contributed by atoms with E-state index >= 15 is 0 Å². The number of benzene rings is 1. The molecule has 0 saturated heterocycles. The Balaban J connectivity index is 0.00000208. The molecule has 3 rings (SSSR count). The first kappa shape index (κ1) is 18.0. The molecule has 0 saturated carbocycles. The summed E-state index contributed by atoms with van der Waals surface area (Å²) in [5.41, 5.74) is 2.19. The number of fused-ring (bicyclic) bond motifs is 1. The Labute approximate surface area is 145 Å². The second-order valence-corrected chi connectivity index (χ2v) is 5.22. The fraction of sp³-hybridized carbons (Fsp3) is 0.312. The van der Waals surface area contributed by atoms with Crippen molar-refractivity contribution in [2.24, 2.45) is 0 Å². The van der Waals surface area contributed by atoms with Gasteiger partial charge in [0, 0.05) is 30.6 Å². The van der Waals surface area contributed by atoms with Gasteiger partial charge in [0.25, 0.3) is 5.91 Å². The van der Waals surface area contributed by atoms with E-state index < -0.39 is 0 Å². The lowest BCUT2D eigenvalue weighted by atomic mass is 10.2. The fourth-order valence-corrected chi connectivity index (χ4v) is 2.54. The number of rotatable bonds is 4. The summed E-state index contributed by atoms with van der Waals surface area (Å²) in [6, 6.07) is 6.81. The van der Waals surface area contributed by atoms with E-state index in [1.807, 2.05) is 0 Å². The molecular weight excluding hydrogens is 332 g/mol. The topological polar surface area (TPSA) is 85.2 Å². The molecule has 128 valence electrons. The minimum absolute atomic E-state index is 0. The van der Waals surface area contributed by atoms with Crippen molar-refractivity contribution in [3.63, 3.8) is 0 Å². The van der Waals surface area contributed by atoms with Gasteiger partial charge in [-0.2, -0.15) is 0 Å². The molecule has 0 fully saturated rings. The number of nitrogens with one attached hydrogen (secondary N) is 2. The molecule has 0 aliphatic carbocycles. The maximum Gasteiger partial charge on any atom is 0.256 e. The third kappa shape index (κ3) is 3.27. The van der Waals surface area contributed by atoms with Crippen LogP contribution in [-0.2, 0) is 13.1 Å². The van der Waals surface area contributed by atoms with E-state index in [-0.39, 0.29) is 24.2 Å². The molecule has 1 aliphatic rings. The molecule has 0 radical (unpaired) electrons. The van der Waals surface area contributed by atoms with Crippen LogP contribution in [0.1, 0.15) is 39.8 Å². The number of aromatic nitrogens is 2. The van der Waals surface area contributed by atoms with Gasteiger partial charge < -0.3 is 15.4 Å². The highest BCUT2D eigenvalue weighted by atomic mass is 35.5. The Bertz CT molecular complexity index is 755. The summed E-state index contributed by atoms with van der Waals surface area (Å²) in [5.74, 6) is 0.767. The van der Waals surface area contributed by atoms with Crippen molar-refractivity contribution < 1.29 is 14.3 Å². The Morgan fingerprint density at radius 3 is 2.62 bits per heavy atom. The predicted molar refractivity (Wildman–Crippen MR) is 91.9 cm³/mol. The number of carbonyl (C=O) groups is 2. The molecule has 2 N–H and O–H groups in total. The first-order valence-electron chi connectivity index (χ1n) is 7.44. The van der Waals surface area contributed by atoms with Crippen molar-refractivity contribution in [3.05, 3.63) is 41.1 Å². The van der Waals surface area contributed by atoms with Crippen LogP contribution in [0.4, 0.5) is 5.82 Å². The van der Waals surface area contributed by atoms with Crippen molar-refractivity contribution >= 4 is 30.0 Å². The summed E-state index contributed by atoms with van der Waals surface area (Å²) < 4.78 is 6.46. The molecule has 2 heterocycles. The SMILES string of the molecule is CCC(=O)n1nc(NC(=O)c2ccc(OC)cc2)c2c1CNC2.Cl. The van der Waals surface area contributed by atoms with E-state index in [0.29, 0.717) is 36.6 Å². The third-order valence-electron chi connectivity index (χ3n) is 3.81. The molecule has 1 aromatic carbocycles. The van der Waals surface area contributed by atoms with Crippen LogP contribution >= 0.6 is 12.4 Å². The molecule has 1 amide bonds. The number of anilines is 1. The molecule has 0 atom stereocenters. The van der Waals surface area contributed by atoms with Gasteiger partial charge in [-0.3, -0.25) is 9.59 Å². The molecule has 24 heavy (non-hydrogen) atoms. The summed E-state index contributed by atoms with van der Waals surface area (Å²) in [7, 11) is 1.57. The Morgan fingerprint density at radius 1 is 1.29 bits per heavy atom. The minimum Gasteiger partial charge on any atom is -0.497 e. The molecule has 0 spiro atoms. The van der Waals surface area contributed by atoms with E-state index in [0.717, 1.165) is 11.3 Å². The zero-order valence-corrected chi connectivity index (χ0v) is 14.3. The van der Waals surface area contributed by atoms with Crippen LogP contribution < -0.4 is 15.4 Å². The highest BCUT2D eigenvalue weighted by Crippen LogP contribution is 2.24. The maximum absolute atomic E-state index is 12.4. The van der Waals surface area contributed by atoms with Crippen molar-refractivity contribution in [2.45, 2.75) is 26.4 Å². The average molecular weight is 351 g/mol. The minimum atomic E-state index is -0.268. The van der Waals surface area contributed by atoms with Crippen molar-refractivity contribution in [1.29, 1.82) is 0 Å². The van der Waals surface area contributed by atoms with Crippen LogP contribution in [0.5, 0.6) is 5.75 Å². The summed E-state index contributed by atoms with van der Waals surface area (Å²) >= 11 is 0. The molecule has 1 aromatic heterocycles. The largest absolute Gasteiger partial charge is 0.497 e. The normalized spacial score (nSPS) is 12.2. The van der Waals surface area contributed by atoms with Gasteiger partial charge in [-0.15, -0.1) is 17.5 Å². The van der Waals surface area contributed by atoms with Gasteiger partial charge in [0.05, 0.1) is 12.8 Å². The van der Waals surface area contributed by atoms with E-state index in [1.165, 1.54) is 4.68 Å². The van der Waals surface area contributed by atoms with Crippen LogP contribution in [0.15, 0.2) is 24.3 Å². The predicted octanol–water partition coefficient (Wildman–Crippen LogP) is 2.22. The Morgan fingerprint density at radius 2 is 2.00 bits per heavy atom. The summed E-state index contributed by atoms with van der Waals surface area (Å²) in [4.78, 5) is 24.3. The quantitative estimate of drug-likeness (QED) is 0.883. The molecule has 8 heteroatoms. The van der Waals surface area contributed by atoms with E-state index in [2.05, 4.69) is 15.7 Å². The van der Waals surface area contributed by atoms with Crippen LogP contribution in [0.3, 0.4) is 0 Å². The van der Waals surface area contributed by atoms with Gasteiger partial charge in [-0.05, 0) is 24.3 Å². The average Bonchev–Trinajstić information content (AvgIpc) is 3.18. The number of hydrogen-bond donors (Lipinski definition) is 2. The number of carbonyl (C=O) groups excluding carboxylic acids is 2. The van der Waals surface area contributed by atoms with Gasteiger partial charge in [0.2, 0.25) is 5.91 Å². The summed E-state index contributed by atoms with van der Waals surface area (Å²) in [5, 5.41) is 10.2. The highest BCUT2D eigenvalue weighted by molar-refractivity contribution is 6.04. The molecule has 7 nitrogen and oxygen atoms in total. The zero-order valence-electron chi connectivity index (χ0n) is 13.5. The monoisotopic (exact) mass is 350 g/mol. The first-order valence-corrected chi connectivity index (χ1v) is 7.44. The fourth-order valence-electron chi connectivity index (χ4n) is 2.54. The molecule has 0 bridgehead atoms. The van der Waals surface area contributed by atoms with Crippen molar-refractivity contribution in [2.75, 3.05) is 12.4 Å². The summed E-state index contributed by atoms with van der Waals surface area (Å²) in [6.07, 6.45) is 0.361. The van der Waals surface area contributed by atoms with Crippen LogP contribution in [0.2, 0.25) is 0 Å². The van der Waals surface area contributed by atoms with Crippen LogP contribution in [0, 0.1) is 0 Å². The molecule has 2 aromatic rings. The number of nitrogens with zero attached hydrogens (tertiary/aromatic N) is 2. The lowest BCUT2D eigenvalue weighted by molar-refractivity contribution is 0.0888. The third-order valence-corrected chi connectivity index (χ3v) is 3.81. The number of hydrogen-bond acceptors (Lipinski definition) is 5. The van der Waals surface area contributed by atoms with Gasteiger partial charge in [0.15, 0.2) is 5.82 Å². The number of amides is 1. The lowest BCUT2D eigenvalue weighted by Gasteiger charge is -2.05. The summed E-state index contributed by atoms with van der Waals surface area (Å²) in [6.45, 7) is 2.95. The van der Waals surface area contributed by atoms with Gasteiger partial charge >= 0.3 is 0 Å². The Kier molecular flexibility index (Phi) is 5.58. The van der Waals surface area contributed by atoms with Gasteiger partial charge in [0.1, 0.15) is 5.75 Å². The molecule has 0 unspecified atom stereocenters. The number of methoxy groups -OCH3 is 1. The van der Waals surface area contributed by atoms with E-state index in [1.54, 1.807) is 38.3 Å². The van der Waals surface area contributed by atoms with Crippen LogP contribution in [-0.4, -0.2) is 28.7 Å². The molecular formula is C16H19ClN4O3. The zero-order chi connectivity index (χ0) is 16.4. The molecule has 1 aliphatic heterocycles. The second-order valence-electron chi connectivity index (χ2n) is 5.22. The number of halogens is 1. The standard InChI is InChI=1S/C16H18N4O3.ClH/c1-3-14(21)20-13-9-17-8-12(13)15(19-20)18-16(22)10-4-6-11(23-2)7-5-10;/h4-7,17H,3,8-9H2,1-2H3,(H,18,19,22);1H. The van der Waals surface area contributed by atoms with E-state index in [4.69, 9.17) is 4.74 Å². The highest BCUT2D eigenvalue weighted by Gasteiger charge is 2.25.